The average Bonchev–Trinajstić information content (AvgIpc) is 2.19. The van der Waals surface area contributed by atoms with Crippen LogP contribution in [0.4, 0.5) is 4.39 Å². The van der Waals surface area contributed by atoms with Crippen LogP contribution in [0.15, 0.2) is 18.3 Å². The molecule has 2 unspecified atom stereocenters. The summed E-state index contributed by atoms with van der Waals surface area (Å²) < 4.78 is 12.6. The molecule has 2 heterocycles. The minimum absolute atomic E-state index is 0.180. The molecule has 14 heavy (non-hydrogen) atoms. The fraction of sp³-hybridized carbons (Fsp3) is 0.500. The van der Waals surface area contributed by atoms with E-state index in [0.717, 1.165) is 25.1 Å². The molecule has 2 rings (SSSR count). The Morgan fingerprint density at radius 3 is 3.00 bits per heavy atom. The lowest BCUT2D eigenvalue weighted by molar-refractivity contribution is 0.363. The third-order valence-corrected chi connectivity index (χ3v) is 2.55. The van der Waals surface area contributed by atoms with Gasteiger partial charge in [0.25, 0.3) is 0 Å². The van der Waals surface area contributed by atoms with Crippen LogP contribution < -0.4 is 11.1 Å². The normalized spacial score (nSPS) is 27.6. The number of nitrogens with zero attached hydrogens (tertiary/aromatic N) is 1. The molecule has 0 amide bonds. The highest BCUT2D eigenvalue weighted by molar-refractivity contribution is 5.11. The molecule has 1 aliphatic heterocycles. The minimum Gasteiger partial charge on any atom is -0.328 e. The maximum atomic E-state index is 12.6. The van der Waals surface area contributed by atoms with E-state index >= 15 is 0 Å². The van der Waals surface area contributed by atoms with Gasteiger partial charge in [-0.05, 0) is 31.5 Å². The maximum Gasteiger partial charge on any atom is 0.141 e. The number of rotatable bonds is 1. The van der Waals surface area contributed by atoms with Crippen LogP contribution in [0.2, 0.25) is 0 Å². The van der Waals surface area contributed by atoms with Gasteiger partial charge >= 0.3 is 0 Å². The van der Waals surface area contributed by atoms with Crippen molar-refractivity contribution in [1.29, 1.82) is 0 Å². The van der Waals surface area contributed by atoms with Crippen LogP contribution in [0.5, 0.6) is 0 Å². The van der Waals surface area contributed by atoms with Gasteiger partial charge in [0.1, 0.15) is 5.82 Å². The molecule has 0 bridgehead atoms. The molecule has 0 aromatic carbocycles. The Labute approximate surface area is 82.5 Å². The third kappa shape index (κ3) is 2.08. The van der Waals surface area contributed by atoms with Gasteiger partial charge in [0, 0.05) is 6.04 Å². The molecule has 1 aromatic rings. The van der Waals surface area contributed by atoms with Gasteiger partial charge in [-0.3, -0.25) is 4.98 Å². The Morgan fingerprint density at radius 1 is 1.50 bits per heavy atom. The van der Waals surface area contributed by atoms with Gasteiger partial charge < -0.3 is 11.1 Å². The standard InChI is InChI=1S/C10H14FN3/c11-7-1-2-9(14-6-7)10-5-8(12)3-4-13-10/h1-2,6,8,10,13H,3-5,12H2. The summed E-state index contributed by atoms with van der Waals surface area (Å²) in [5, 5.41) is 3.32. The maximum absolute atomic E-state index is 12.6. The van der Waals surface area contributed by atoms with Crippen LogP contribution in [0.25, 0.3) is 0 Å². The van der Waals surface area contributed by atoms with Crippen LogP contribution in [0.3, 0.4) is 0 Å². The van der Waals surface area contributed by atoms with Gasteiger partial charge in [-0.2, -0.15) is 0 Å². The first-order valence-corrected chi connectivity index (χ1v) is 4.86. The number of nitrogens with two attached hydrogens (primary N) is 1. The Morgan fingerprint density at radius 2 is 2.36 bits per heavy atom. The molecule has 3 N–H and O–H groups in total. The average molecular weight is 195 g/mol. The van der Waals surface area contributed by atoms with E-state index in [1.54, 1.807) is 6.07 Å². The van der Waals surface area contributed by atoms with Gasteiger partial charge in [0.2, 0.25) is 0 Å². The number of halogens is 1. The second-order valence-electron chi connectivity index (χ2n) is 3.69. The third-order valence-electron chi connectivity index (χ3n) is 2.55. The zero-order valence-corrected chi connectivity index (χ0v) is 7.91. The van der Waals surface area contributed by atoms with Crippen LogP contribution in [-0.2, 0) is 0 Å². The molecule has 0 aliphatic carbocycles. The van der Waals surface area contributed by atoms with Crippen molar-refractivity contribution in [2.75, 3.05) is 6.54 Å². The molecule has 1 aliphatic rings. The lowest BCUT2D eigenvalue weighted by Gasteiger charge is -2.27. The first-order valence-electron chi connectivity index (χ1n) is 4.86. The van der Waals surface area contributed by atoms with Gasteiger partial charge in [-0.25, -0.2) is 4.39 Å². The van der Waals surface area contributed by atoms with Crippen molar-refractivity contribution < 1.29 is 4.39 Å². The number of pyridine rings is 1. The quantitative estimate of drug-likeness (QED) is 0.702. The summed E-state index contributed by atoms with van der Waals surface area (Å²) >= 11 is 0. The van der Waals surface area contributed by atoms with E-state index < -0.39 is 0 Å². The molecule has 0 radical (unpaired) electrons. The number of nitrogens with one attached hydrogen (secondary N) is 1. The topological polar surface area (TPSA) is 50.9 Å². The summed E-state index contributed by atoms with van der Waals surface area (Å²) in [6, 6.07) is 3.56. The van der Waals surface area contributed by atoms with Crippen LogP contribution in [0, 0.1) is 5.82 Å². The highest BCUT2D eigenvalue weighted by Gasteiger charge is 2.20. The first kappa shape index (κ1) is 9.55. The predicted molar refractivity (Wildman–Crippen MR) is 52.1 cm³/mol. The molecule has 1 aromatic heterocycles. The molecule has 2 atom stereocenters. The summed E-state index contributed by atoms with van der Waals surface area (Å²) in [6.07, 6.45) is 3.12. The van der Waals surface area contributed by atoms with E-state index in [0.29, 0.717) is 0 Å². The molecule has 1 saturated heterocycles. The van der Waals surface area contributed by atoms with Crippen LogP contribution >= 0.6 is 0 Å². The predicted octanol–water partition coefficient (Wildman–Crippen LogP) is 0.972. The van der Waals surface area contributed by atoms with Crippen molar-refractivity contribution in [3.05, 3.63) is 29.8 Å². The number of hydrogen-bond acceptors (Lipinski definition) is 3. The highest BCUT2D eigenvalue weighted by Crippen LogP contribution is 2.20. The Bertz CT molecular complexity index is 299. The highest BCUT2D eigenvalue weighted by atomic mass is 19.1. The minimum atomic E-state index is -0.297. The zero-order chi connectivity index (χ0) is 9.97. The fourth-order valence-electron chi connectivity index (χ4n) is 1.77. The SMILES string of the molecule is NC1CCNC(c2ccc(F)cn2)C1. The van der Waals surface area contributed by atoms with Gasteiger partial charge in [-0.15, -0.1) is 0 Å². The van der Waals surface area contributed by atoms with E-state index in [2.05, 4.69) is 10.3 Å². The molecule has 3 nitrogen and oxygen atoms in total. The van der Waals surface area contributed by atoms with Crippen LogP contribution in [-0.4, -0.2) is 17.6 Å². The summed E-state index contributed by atoms with van der Waals surface area (Å²) in [5.41, 5.74) is 6.73. The Balaban J connectivity index is 2.10. The lowest BCUT2D eigenvalue weighted by atomic mass is 9.97. The Hall–Kier alpha value is -1.00. The Kier molecular flexibility index (Phi) is 2.74. The number of hydrogen-bond donors (Lipinski definition) is 2. The van der Waals surface area contributed by atoms with E-state index in [1.165, 1.54) is 12.3 Å². The summed E-state index contributed by atoms with van der Waals surface area (Å²) in [6.45, 7) is 0.908. The van der Waals surface area contributed by atoms with Crippen molar-refractivity contribution >= 4 is 0 Å². The van der Waals surface area contributed by atoms with Gasteiger partial charge in [0.05, 0.1) is 17.9 Å². The van der Waals surface area contributed by atoms with Crippen molar-refractivity contribution in [2.24, 2.45) is 5.73 Å². The summed E-state index contributed by atoms with van der Waals surface area (Å²) in [4.78, 5) is 4.04. The molecular formula is C10H14FN3. The second-order valence-corrected chi connectivity index (χ2v) is 3.69. The number of piperidine rings is 1. The van der Waals surface area contributed by atoms with Crippen molar-refractivity contribution in [2.45, 2.75) is 24.9 Å². The fourth-order valence-corrected chi connectivity index (χ4v) is 1.77. The summed E-state index contributed by atoms with van der Waals surface area (Å²) in [5.74, 6) is -0.297. The molecular weight excluding hydrogens is 181 g/mol. The molecule has 76 valence electrons. The van der Waals surface area contributed by atoms with Crippen LogP contribution in [0.1, 0.15) is 24.6 Å². The lowest BCUT2D eigenvalue weighted by Crippen LogP contribution is -2.38. The molecule has 1 fully saturated rings. The molecule has 0 spiro atoms. The van der Waals surface area contributed by atoms with Gasteiger partial charge in [-0.1, -0.05) is 0 Å². The van der Waals surface area contributed by atoms with E-state index in [-0.39, 0.29) is 17.9 Å². The van der Waals surface area contributed by atoms with Gasteiger partial charge in [0.15, 0.2) is 0 Å². The largest absolute Gasteiger partial charge is 0.328 e. The van der Waals surface area contributed by atoms with E-state index in [4.69, 9.17) is 5.73 Å². The zero-order valence-electron chi connectivity index (χ0n) is 7.91. The smallest absolute Gasteiger partial charge is 0.141 e. The van der Waals surface area contributed by atoms with Crippen molar-refractivity contribution in [1.82, 2.24) is 10.3 Å². The van der Waals surface area contributed by atoms with E-state index in [9.17, 15) is 4.39 Å². The van der Waals surface area contributed by atoms with Crippen molar-refractivity contribution in [3.8, 4) is 0 Å². The monoisotopic (exact) mass is 195 g/mol. The summed E-state index contributed by atoms with van der Waals surface area (Å²) in [7, 11) is 0. The van der Waals surface area contributed by atoms with E-state index in [1.807, 2.05) is 0 Å². The second kappa shape index (κ2) is 4.02. The number of aromatic nitrogens is 1. The van der Waals surface area contributed by atoms with Crippen molar-refractivity contribution in [3.63, 3.8) is 0 Å². The molecule has 4 heteroatoms. The molecule has 0 saturated carbocycles. The first-order chi connectivity index (χ1) is 6.75.